The summed E-state index contributed by atoms with van der Waals surface area (Å²) in [5.74, 6) is 2.11. The third-order valence-corrected chi connectivity index (χ3v) is 4.66. The molecule has 4 rings (SSSR count). The zero-order chi connectivity index (χ0) is 19.1. The van der Waals surface area contributed by atoms with Crippen LogP contribution in [0.25, 0.3) is 5.69 Å². The number of halogens is 1. The van der Waals surface area contributed by atoms with Crippen molar-refractivity contribution in [1.82, 2.24) is 9.55 Å². The topological polar surface area (TPSA) is 47.2 Å². The first-order valence-electron chi connectivity index (χ1n) is 8.53. The third-order valence-electron chi connectivity index (χ3n) is 4.66. The highest BCUT2D eigenvalue weighted by molar-refractivity contribution is 6.15. The maximum absolute atomic E-state index is 14.6. The van der Waals surface area contributed by atoms with Crippen LogP contribution in [0.2, 0.25) is 0 Å². The van der Waals surface area contributed by atoms with Crippen LogP contribution in [0.3, 0.4) is 0 Å². The Morgan fingerprint density at radius 2 is 2.00 bits per heavy atom. The smallest absolute Gasteiger partial charge is 0.180 e. The lowest BCUT2D eigenvalue weighted by Gasteiger charge is -2.13. The second kappa shape index (κ2) is 6.33. The molecule has 0 bridgehead atoms. The van der Waals surface area contributed by atoms with Crippen LogP contribution in [-0.2, 0) is 0 Å². The average Bonchev–Trinajstić information content (AvgIpc) is 3.07. The van der Waals surface area contributed by atoms with Crippen LogP contribution in [0.4, 0.5) is 4.39 Å². The number of benzene rings is 2. The van der Waals surface area contributed by atoms with Gasteiger partial charge in [0.1, 0.15) is 17.8 Å². The minimum Gasteiger partial charge on any atom is -0.300 e. The lowest BCUT2D eigenvalue weighted by Crippen LogP contribution is -2.09. The maximum Gasteiger partial charge on any atom is 0.180 e. The Hall–Kier alpha value is -3.52. The van der Waals surface area contributed by atoms with E-state index in [0.29, 0.717) is 33.8 Å². The van der Waals surface area contributed by atoms with Gasteiger partial charge in [-0.3, -0.25) is 14.4 Å². The van der Waals surface area contributed by atoms with Crippen molar-refractivity contribution in [2.24, 2.45) is 4.99 Å². The highest BCUT2D eigenvalue weighted by atomic mass is 19.1. The van der Waals surface area contributed by atoms with E-state index < -0.39 is 0 Å². The fourth-order valence-corrected chi connectivity index (χ4v) is 3.44. The molecule has 0 amide bonds. The Morgan fingerprint density at radius 3 is 2.70 bits per heavy atom. The van der Waals surface area contributed by atoms with E-state index in [2.05, 4.69) is 10.9 Å². The number of Topliss-reactive ketones (excluding diaryl/α,β-unsaturated/α-hetero) is 1. The fourth-order valence-electron chi connectivity index (χ4n) is 3.44. The molecule has 0 fully saturated rings. The van der Waals surface area contributed by atoms with Gasteiger partial charge in [-0.05, 0) is 37.3 Å². The number of aliphatic imine (C=N–C) groups is 1. The van der Waals surface area contributed by atoms with Crippen molar-refractivity contribution in [3.05, 3.63) is 82.7 Å². The van der Waals surface area contributed by atoms with Gasteiger partial charge < -0.3 is 0 Å². The lowest BCUT2D eigenvalue weighted by molar-refractivity contribution is 0.101. The number of terminal acetylenes is 1. The number of hydrogen-bond donors (Lipinski definition) is 0. The monoisotopic (exact) mass is 357 g/mol. The first-order chi connectivity index (χ1) is 13.0. The lowest BCUT2D eigenvalue weighted by atomic mass is 9.98. The largest absolute Gasteiger partial charge is 0.300 e. The number of nitrogens with zero attached hydrogens (tertiary/aromatic N) is 3. The second-order valence-corrected chi connectivity index (χ2v) is 6.41. The number of hydrogen-bond acceptors (Lipinski definition) is 3. The second-order valence-electron chi connectivity index (χ2n) is 6.41. The number of aromatic nitrogens is 2. The van der Waals surface area contributed by atoms with Crippen LogP contribution in [0.5, 0.6) is 0 Å². The first-order valence-corrected chi connectivity index (χ1v) is 8.53. The summed E-state index contributed by atoms with van der Waals surface area (Å²) in [5, 5.41) is 0. The Morgan fingerprint density at radius 1 is 1.22 bits per heavy atom. The molecule has 4 nitrogen and oxygen atoms in total. The van der Waals surface area contributed by atoms with Crippen LogP contribution >= 0.6 is 0 Å². The van der Waals surface area contributed by atoms with Crippen LogP contribution in [0.1, 0.15) is 52.8 Å². The van der Waals surface area contributed by atoms with Gasteiger partial charge >= 0.3 is 0 Å². The van der Waals surface area contributed by atoms with E-state index in [1.54, 1.807) is 24.5 Å². The molecule has 0 radical (unpaired) electrons. The summed E-state index contributed by atoms with van der Waals surface area (Å²) < 4.78 is 16.4. The Bertz CT molecular complexity index is 1150. The van der Waals surface area contributed by atoms with Gasteiger partial charge in [0, 0.05) is 23.6 Å². The van der Waals surface area contributed by atoms with Gasteiger partial charge in [-0.2, -0.15) is 0 Å². The Kier molecular flexibility index (Phi) is 3.97. The minimum atomic E-state index is -0.386. The standard InChI is InChI=1S/C22H16FN3O/c1-4-15-9-10-19-17(11-15)21(16-7-5-6-8-18(16)23)25-13(2)22-20(14(3)27)24-12-26(19)22/h1,5-13H,2-3H3/t13-/m1/s1. The van der Waals surface area contributed by atoms with Gasteiger partial charge in [0.15, 0.2) is 5.78 Å². The molecule has 0 unspecified atom stereocenters. The van der Waals surface area contributed by atoms with Gasteiger partial charge in [0.05, 0.1) is 23.1 Å². The van der Waals surface area contributed by atoms with Crippen LogP contribution in [0.15, 0.2) is 53.8 Å². The summed E-state index contributed by atoms with van der Waals surface area (Å²) in [6.07, 6.45) is 7.18. The molecule has 1 aliphatic rings. The molecule has 3 aromatic rings. The fraction of sp³-hybridized carbons (Fsp3) is 0.136. The molecule has 1 aromatic heterocycles. The van der Waals surface area contributed by atoms with Crippen molar-refractivity contribution < 1.29 is 9.18 Å². The molecule has 0 saturated heterocycles. The van der Waals surface area contributed by atoms with Crippen molar-refractivity contribution in [2.45, 2.75) is 19.9 Å². The Balaban J connectivity index is 2.08. The van der Waals surface area contributed by atoms with E-state index in [-0.39, 0.29) is 17.6 Å². The maximum atomic E-state index is 14.6. The van der Waals surface area contributed by atoms with Crippen LogP contribution < -0.4 is 0 Å². The number of imidazole rings is 1. The average molecular weight is 357 g/mol. The van der Waals surface area contributed by atoms with Gasteiger partial charge in [-0.15, -0.1) is 6.42 Å². The summed E-state index contributed by atoms with van der Waals surface area (Å²) in [4.78, 5) is 21.1. The number of fused-ring (bicyclic) bond motifs is 3. The van der Waals surface area contributed by atoms with Crippen molar-refractivity contribution in [3.8, 4) is 18.0 Å². The summed E-state index contributed by atoms with van der Waals surface area (Å²) in [6, 6.07) is 11.6. The van der Waals surface area contributed by atoms with E-state index >= 15 is 0 Å². The normalized spacial score (nSPS) is 15.2. The van der Waals surface area contributed by atoms with Crippen molar-refractivity contribution in [3.63, 3.8) is 0 Å². The molecular formula is C22H16FN3O. The zero-order valence-electron chi connectivity index (χ0n) is 14.9. The molecule has 0 spiro atoms. The van der Waals surface area contributed by atoms with Gasteiger partial charge in [0.2, 0.25) is 0 Å². The van der Waals surface area contributed by atoms with E-state index in [4.69, 9.17) is 11.4 Å². The molecule has 0 aliphatic carbocycles. The summed E-state index contributed by atoms with van der Waals surface area (Å²) in [5.41, 5.74) is 4.08. The van der Waals surface area contributed by atoms with E-state index in [1.165, 1.54) is 13.0 Å². The number of carbonyl (C=O) groups is 1. The van der Waals surface area contributed by atoms with Crippen molar-refractivity contribution >= 4 is 11.5 Å². The number of carbonyl (C=O) groups excluding carboxylic acids is 1. The Labute approximate surface area is 156 Å². The summed E-state index contributed by atoms with van der Waals surface area (Å²) in [6.45, 7) is 3.35. The zero-order valence-corrected chi connectivity index (χ0v) is 14.9. The summed E-state index contributed by atoms with van der Waals surface area (Å²) >= 11 is 0. The van der Waals surface area contributed by atoms with E-state index in [0.717, 1.165) is 5.69 Å². The number of rotatable bonds is 2. The molecule has 0 N–H and O–H groups in total. The first kappa shape index (κ1) is 16.9. The van der Waals surface area contributed by atoms with Gasteiger partial charge in [0.25, 0.3) is 0 Å². The highest BCUT2D eigenvalue weighted by Gasteiger charge is 2.28. The molecule has 2 heterocycles. The van der Waals surface area contributed by atoms with Crippen molar-refractivity contribution in [2.75, 3.05) is 0 Å². The molecule has 2 aromatic carbocycles. The quantitative estimate of drug-likeness (QED) is 0.512. The molecule has 1 atom stereocenters. The van der Waals surface area contributed by atoms with E-state index in [9.17, 15) is 9.18 Å². The SMILES string of the molecule is C#Cc1ccc2c(c1)C(c1ccccc1F)=N[C@H](C)c1c(C(C)=O)ncn1-2. The van der Waals surface area contributed by atoms with Crippen LogP contribution in [0, 0.1) is 18.2 Å². The van der Waals surface area contributed by atoms with Gasteiger partial charge in [-0.25, -0.2) is 9.37 Å². The number of ketones is 1. The molecule has 1 aliphatic heterocycles. The van der Waals surface area contributed by atoms with E-state index in [1.807, 2.05) is 29.7 Å². The molecule has 27 heavy (non-hydrogen) atoms. The van der Waals surface area contributed by atoms with Crippen LogP contribution in [-0.4, -0.2) is 21.0 Å². The van der Waals surface area contributed by atoms with Crippen molar-refractivity contribution in [1.29, 1.82) is 0 Å². The highest BCUT2D eigenvalue weighted by Crippen LogP contribution is 2.33. The predicted octanol–water partition coefficient (Wildman–Crippen LogP) is 4.11. The molecular weight excluding hydrogens is 341 g/mol. The molecule has 5 heteroatoms. The molecule has 0 saturated carbocycles. The minimum absolute atomic E-state index is 0.137. The third kappa shape index (κ3) is 2.67. The van der Waals surface area contributed by atoms with Gasteiger partial charge in [-0.1, -0.05) is 18.1 Å². The predicted molar refractivity (Wildman–Crippen MR) is 102 cm³/mol. The summed E-state index contributed by atoms with van der Waals surface area (Å²) in [7, 11) is 0. The molecule has 132 valence electrons.